The van der Waals surface area contributed by atoms with Gasteiger partial charge in [0.25, 0.3) is 0 Å². The zero-order valence-electron chi connectivity index (χ0n) is 11.0. The fourth-order valence-electron chi connectivity index (χ4n) is 1.67. The fourth-order valence-corrected chi connectivity index (χ4v) is 2.25. The third-order valence-corrected chi connectivity index (χ3v) is 3.40. The molecular weight excluding hydrogens is 276 g/mol. The highest BCUT2D eigenvalue weighted by Crippen LogP contribution is 2.18. The van der Waals surface area contributed by atoms with Crippen molar-refractivity contribution < 1.29 is 14.6 Å². The third-order valence-electron chi connectivity index (χ3n) is 2.71. The minimum Gasteiger partial charge on any atom is -0.497 e. The van der Waals surface area contributed by atoms with Gasteiger partial charge < -0.3 is 20.5 Å². The van der Waals surface area contributed by atoms with E-state index in [9.17, 15) is 9.90 Å². The summed E-state index contributed by atoms with van der Waals surface area (Å²) in [6.07, 6.45) is -0.779. The molecule has 0 radical (unpaired) electrons. The summed E-state index contributed by atoms with van der Waals surface area (Å²) in [6, 6.07) is 8.58. The normalized spacial score (nSPS) is 11.7. The smallest absolute Gasteiger partial charge is 0.319 e. The van der Waals surface area contributed by atoms with Crippen molar-refractivity contribution in [2.75, 3.05) is 19.0 Å². The number of urea groups is 1. The van der Waals surface area contributed by atoms with Gasteiger partial charge in [0.15, 0.2) is 0 Å². The van der Waals surface area contributed by atoms with Crippen molar-refractivity contribution in [3.63, 3.8) is 0 Å². The summed E-state index contributed by atoms with van der Waals surface area (Å²) in [7, 11) is 1.57. The third kappa shape index (κ3) is 3.97. The Morgan fingerprint density at radius 2 is 2.30 bits per heavy atom. The number of amides is 2. The number of ether oxygens (including phenoxy) is 1. The Kier molecular flexibility index (Phi) is 4.97. The van der Waals surface area contributed by atoms with Crippen molar-refractivity contribution in [1.29, 1.82) is 0 Å². The van der Waals surface area contributed by atoms with E-state index in [4.69, 9.17) is 4.74 Å². The first-order chi connectivity index (χ1) is 9.69. The van der Waals surface area contributed by atoms with Gasteiger partial charge in [0.05, 0.1) is 18.9 Å². The van der Waals surface area contributed by atoms with E-state index < -0.39 is 6.10 Å². The van der Waals surface area contributed by atoms with Gasteiger partial charge in [0.1, 0.15) is 5.75 Å². The number of rotatable bonds is 5. The van der Waals surface area contributed by atoms with Gasteiger partial charge in [-0.2, -0.15) is 11.3 Å². The van der Waals surface area contributed by atoms with Gasteiger partial charge in [-0.05, 0) is 29.1 Å². The highest BCUT2D eigenvalue weighted by Gasteiger charge is 2.10. The van der Waals surface area contributed by atoms with Gasteiger partial charge in [0.2, 0.25) is 0 Å². The lowest BCUT2D eigenvalue weighted by atomic mass is 10.1. The maximum absolute atomic E-state index is 11.6. The van der Waals surface area contributed by atoms with E-state index in [0.29, 0.717) is 11.3 Å². The maximum Gasteiger partial charge on any atom is 0.319 e. The molecule has 0 aliphatic heterocycles. The van der Waals surface area contributed by atoms with E-state index in [2.05, 4.69) is 10.6 Å². The van der Waals surface area contributed by atoms with Gasteiger partial charge >= 0.3 is 6.03 Å². The molecule has 0 fully saturated rings. The first kappa shape index (κ1) is 14.4. The summed E-state index contributed by atoms with van der Waals surface area (Å²) in [5.74, 6) is 0.671. The van der Waals surface area contributed by atoms with Crippen molar-refractivity contribution in [2.45, 2.75) is 6.10 Å². The second-order valence-corrected chi connectivity index (χ2v) is 4.92. The number of hydrogen-bond donors (Lipinski definition) is 3. The average Bonchev–Trinajstić information content (AvgIpc) is 2.97. The Balaban J connectivity index is 1.85. The molecule has 20 heavy (non-hydrogen) atoms. The van der Waals surface area contributed by atoms with E-state index >= 15 is 0 Å². The zero-order chi connectivity index (χ0) is 14.4. The van der Waals surface area contributed by atoms with Gasteiger partial charge in [0, 0.05) is 11.9 Å². The van der Waals surface area contributed by atoms with Crippen LogP contribution in [0.5, 0.6) is 5.75 Å². The van der Waals surface area contributed by atoms with E-state index in [1.165, 1.54) is 11.3 Å². The zero-order valence-corrected chi connectivity index (χ0v) is 11.8. The standard InChI is InChI=1S/C14H16N2O3S/c1-19-12-4-2-3-10(7-12)13(17)8-15-14(18)16-11-5-6-20-9-11/h2-7,9,13,17H,8H2,1H3,(H2,15,16,18). The predicted octanol–water partition coefficient (Wildman–Crippen LogP) is 2.61. The Morgan fingerprint density at radius 1 is 1.45 bits per heavy atom. The molecule has 1 unspecified atom stereocenters. The molecule has 106 valence electrons. The summed E-state index contributed by atoms with van der Waals surface area (Å²) >= 11 is 1.50. The second kappa shape index (κ2) is 6.93. The number of aliphatic hydroxyl groups is 1. The molecule has 0 saturated heterocycles. The van der Waals surface area contributed by atoms with Gasteiger partial charge in [-0.15, -0.1) is 0 Å². The molecule has 3 N–H and O–H groups in total. The monoisotopic (exact) mass is 292 g/mol. The molecule has 0 spiro atoms. The molecule has 2 rings (SSSR count). The first-order valence-corrected chi connectivity index (χ1v) is 7.02. The van der Waals surface area contributed by atoms with Crippen LogP contribution in [0.1, 0.15) is 11.7 Å². The Morgan fingerprint density at radius 3 is 3.00 bits per heavy atom. The Bertz CT molecular complexity index is 557. The highest BCUT2D eigenvalue weighted by atomic mass is 32.1. The summed E-state index contributed by atoms with van der Waals surface area (Å²) in [5, 5.41) is 19.0. The Hall–Kier alpha value is -2.05. The number of methoxy groups -OCH3 is 1. The fraction of sp³-hybridized carbons (Fsp3) is 0.214. The van der Waals surface area contributed by atoms with E-state index in [1.54, 1.807) is 31.4 Å². The first-order valence-electron chi connectivity index (χ1n) is 6.08. The number of thiophene rings is 1. The van der Waals surface area contributed by atoms with E-state index in [0.717, 1.165) is 5.69 Å². The van der Waals surface area contributed by atoms with Gasteiger partial charge in [-0.3, -0.25) is 0 Å². The summed E-state index contributed by atoms with van der Waals surface area (Å²) in [6.45, 7) is 0.128. The quantitative estimate of drug-likeness (QED) is 0.793. The van der Waals surface area contributed by atoms with Crippen LogP contribution in [-0.2, 0) is 0 Å². The number of carbonyl (C=O) groups is 1. The number of nitrogens with one attached hydrogen (secondary N) is 2. The lowest BCUT2D eigenvalue weighted by Gasteiger charge is -2.13. The van der Waals surface area contributed by atoms with Crippen LogP contribution in [0.15, 0.2) is 41.1 Å². The molecule has 0 aliphatic carbocycles. The van der Waals surface area contributed by atoms with Crippen molar-refractivity contribution in [1.82, 2.24) is 5.32 Å². The SMILES string of the molecule is COc1cccc(C(O)CNC(=O)Nc2ccsc2)c1. The molecule has 1 aromatic heterocycles. The van der Waals surface area contributed by atoms with Crippen LogP contribution >= 0.6 is 11.3 Å². The molecular formula is C14H16N2O3S. The van der Waals surface area contributed by atoms with Gasteiger partial charge in [-0.25, -0.2) is 4.79 Å². The number of aliphatic hydroxyl groups excluding tert-OH is 1. The summed E-state index contributed by atoms with van der Waals surface area (Å²) in [5.41, 5.74) is 1.43. The molecule has 0 saturated carbocycles. The molecule has 2 amide bonds. The minimum atomic E-state index is -0.779. The topological polar surface area (TPSA) is 70.6 Å². The van der Waals surface area contributed by atoms with Crippen molar-refractivity contribution >= 4 is 23.1 Å². The molecule has 5 nitrogen and oxygen atoms in total. The van der Waals surface area contributed by atoms with Crippen LogP contribution < -0.4 is 15.4 Å². The van der Waals surface area contributed by atoms with Crippen LogP contribution in [0, 0.1) is 0 Å². The van der Waals surface area contributed by atoms with Crippen molar-refractivity contribution in [3.8, 4) is 5.75 Å². The number of carbonyl (C=O) groups excluding carboxylic acids is 1. The number of benzene rings is 1. The number of hydrogen-bond acceptors (Lipinski definition) is 4. The molecule has 1 aromatic carbocycles. The summed E-state index contributed by atoms with van der Waals surface area (Å²) < 4.78 is 5.09. The lowest BCUT2D eigenvalue weighted by Crippen LogP contribution is -2.32. The van der Waals surface area contributed by atoms with Gasteiger partial charge in [-0.1, -0.05) is 12.1 Å². The minimum absolute atomic E-state index is 0.128. The predicted molar refractivity (Wildman–Crippen MR) is 79.3 cm³/mol. The molecule has 0 bridgehead atoms. The van der Waals surface area contributed by atoms with Crippen LogP contribution in [0.25, 0.3) is 0 Å². The molecule has 2 aromatic rings. The van der Waals surface area contributed by atoms with Crippen molar-refractivity contribution in [2.24, 2.45) is 0 Å². The molecule has 1 heterocycles. The van der Waals surface area contributed by atoms with Crippen molar-refractivity contribution in [3.05, 3.63) is 46.7 Å². The lowest BCUT2D eigenvalue weighted by molar-refractivity contribution is 0.175. The van der Waals surface area contributed by atoms with Crippen LogP contribution in [-0.4, -0.2) is 24.8 Å². The van der Waals surface area contributed by atoms with E-state index in [1.807, 2.05) is 16.8 Å². The summed E-state index contributed by atoms with van der Waals surface area (Å²) in [4.78, 5) is 11.6. The molecule has 0 aliphatic rings. The van der Waals surface area contributed by atoms with Crippen LogP contribution in [0.3, 0.4) is 0 Å². The van der Waals surface area contributed by atoms with Crippen LogP contribution in [0.4, 0.5) is 10.5 Å². The molecule has 1 atom stereocenters. The average molecular weight is 292 g/mol. The Labute approximate surface area is 121 Å². The number of anilines is 1. The largest absolute Gasteiger partial charge is 0.497 e. The highest BCUT2D eigenvalue weighted by molar-refractivity contribution is 7.08. The van der Waals surface area contributed by atoms with Crippen LogP contribution in [0.2, 0.25) is 0 Å². The second-order valence-electron chi connectivity index (χ2n) is 4.14. The maximum atomic E-state index is 11.6. The molecule has 6 heteroatoms. The van der Waals surface area contributed by atoms with E-state index in [-0.39, 0.29) is 12.6 Å².